The summed E-state index contributed by atoms with van der Waals surface area (Å²) in [5.41, 5.74) is 1.40. The Morgan fingerprint density at radius 1 is 1.50 bits per heavy atom. The summed E-state index contributed by atoms with van der Waals surface area (Å²) in [4.78, 5) is 8.20. The molecule has 0 fully saturated rings. The Balaban J connectivity index is 2.46. The average Bonchev–Trinajstić information content (AvgIpc) is 2.51. The van der Waals surface area contributed by atoms with Gasteiger partial charge in [0.05, 0.1) is 19.0 Å². The van der Waals surface area contributed by atoms with Gasteiger partial charge in [-0.2, -0.15) is 5.10 Å². The van der Waals surface area contributed by atoms with Crippen molar-refractivity contribution in [2.24, 2.45) is 0 Å². The fourth-order valence-electron chi connectivity index (χ4n) is 0.935. The third-order valence-electron chi connectivity index (χ3n) is 1.43. The van der Waals surface area contributed by atoms with E-state index in [1.807, 2.05) is 6.92 Å². The zero-order valence-electron chi connectivity index (χ0n) is 6.61. The van der Waals surface area contributed by atoms with Crippen LogP contribution in [0.5, 0.6) is 5.88 Å². The van der Waals surface area contributed by atoms with E-state index in [1.165, 1.54) is 0 Å². The minimum absolute atomic E-state index is 0.534. The predicted molar refractivity (Wildman–Crippen MR) is 42.9 cm³/mol. The van der Waals surface area contributed by atoms with Gasteiger partial charge in [-0.3, -0.25) is 5.10 Å². The Morgan fingerprint density at radius 2 is 2.42 bits per heavy atom. The minimum atomic E-state index is 0.534. The van der Waals surface area contributed by atoms with Gasteiger partial charge in [-0.15, -0.1) is 0 Å². The van der Waals surface area contributed by atoms with Gasteiger partial charge in [0.25, 0.3) is 0 Å². The van der Waals surface area contributed by atoms with Gasteiger partial charge in [-0.1, -0.05) is 0 Å². The van der Waals surface area contributed by atoms with Crippen molar-refractivity contribution in [2.75, 3.05) is 6.61 Å². The Bertz CT molecular complexity index is 384. The van der Waals surface area contributed by atoms with Crippen LogP contribution in [0.3, 0.4) is 0 Å². The molecule has 0 amide bonds. The molecule has 0 atom stereocenters. The van der Waals surface area contributed by atoms with Crippen molar-refractivity contribution in [1.82, 2.24) is 20.2 Å². The zero-order valence-corrected chi connectivity index (χ0v) is 6.61. The van der Waals surface area contributed by atoms with Crippen LogP contribution in [0.25, 0.3) is 11.2 Å². The molecule has 0 unspecified atom stereocenters. The largest absolute Gasteiger partial charge is 0.477 e. The van der Waals surface area contributed by atoms with Gasteiger partial charge in [0, 0.05) is 0 Å². The molecular formula is C7H8N4O. The zero-order chi connectivity index (χ0) is 8.39. The summed E-state index contributed by atoms with van der Waals surface area (Å²) in [7, 11) is 0. The highest BCUT2D eigenvalue weighted by molar-refractivity contribution is 5.68. The van der Waals surface area contributed by atoms with E-state index < -0.39 is 0 Å². The molecule has 12 heavy (non-hydrogen) atoms. The number of H-pyrrole nitrogens is 1. The number of hydrogen-bond donors (Lipinski definition) is 1. The van der Waals surface area contributed by atoms with Crippen molar-refractivity contribution in [1.29, 1.82) is 0 Å². The third-order valence-corrected chi connectivity index (χ3v) is 1.43. The van der Waals surface area contributed by atoms with E-state index in [2.05, 4.69) is 20.2 Å². The predicted octanol–water partition coefficient (Wildman–Crippen LogP) is 0.752. The van der Waals surface area contributed by atoms with E-state index in [9.17, 15) is 0 Å². The second-order valence-corrected chi connectivity index (χ2v) is 2.25. The highest BCUT2D eigenvalue weighted by atomic mass is 16.5. The van der Waals surface area contributed by atoms with Crippen LogP contribution < -0.4 is 4.74 Å². The molecule has 0 aliphatic heterocycles. The number of rotatable bonds is 2. The molecule has 0 bridgehead atoms. The Hall–Kier alpha value is -1.65. The van der Waals surface area contributed by atoms with Gasteiger partial charge >= 0.3 is 0 Å². The maximum atomic E-state index is 5.17. The van der Waals surface area contributed by atoms with E-state index in [0.29, 0.717) is 18.1 Å². The van der Waals surface area contributed by atoms with Crippen molar-refractivity contribution in [3.05, 3.63) is 12.4 Å². The van der Waals surface area contributed by atoms with E-state index in [4.69, 9.17) is 4.74 Å². The van der Waals surface area contributed by atoms with Crippen LogP contribution in [0, 0.1) is 0 Å². The molecule has 5 heteroatoms. The first-order valence-electron chi connectivity index (χ1n) is 3.69. The molecule has 2 heterocycles. The van der Waals surface area contributed by atoms with E-state index in [-0.39, 0.29) is 0 Å². The van der Waals surface area contributed by atoms with Crippen molar-refractivity contribution < 1.29 is 4.74 Å². The van der Waals surface area contributed by atoms with Crippen LogP contribution in [-0.2, 0) is 0 Å². The van der Waals surface area contributed by atoms with Crippen molar-refractivity contribution >= 4 is 11.2 Å². The van der Waals surface area contributed by atoms with Crippen molar-refractivity contribution in [3.63, 3.8) is 0 Å². The summed E-state index contributed by atoms with van der Waals surface area (Å²) in [5.74, 6) is 0.534. The summed E-state index contributed by atoms with van der Waals surface area (Å²) in [6.45, 7) is 2.50. The van der Waals surface area contributed by atoms with Crippen LogP contribution in [0.1, 0.15) is 6.92 Å². The van der Waals surface area contributed by atoms with Gasteiger partial charge in [0.15, 0.2) is 5.65 Å². The SMILES string of the molecule is CCOc1cnc2[nH]ncc2n1. The van der Waals surface area contributed by atoms with Crippen LogP contribution in [0.2, 0.25) is 0 Å². The van der Waals surface area contributed by atoms with Gasteiger partial charge < -0.3 is 4.74 Å². The first-order chi connectivity index (χ1) is 5.90. The molecule has 5 nitrogen and oxygen atoms in total. The number of aromatic nitrogens is 4. The molecule has 0 saturated carbocycles. The summed E-state index contributed by atoms with van der Waals surface area (Å²) < 4.78 is 5.17. The molecule has 0 aliphatic rings. The number of aromatic amines is 1. The number of nitrogens with zero attached hydrogens (tertiary/aromatic N) is 3. The van der Waals surface area contributed by atoms with E-state index in [0.717, 1.165) is 5.52 Å². The van der Waals surface area contributed by atoms with Crippen LogP contribution in [-0.4, -0.2) is 26.8 Å². The first kappa shape index (κ1) is 7.02. The maximum absolute atomic E-state index is 5.17. The average molecular weight is 164 g/mol. The number of hydrogen-bond acceptors (Lipinski definition) is 4. The second kappa shape index (κ2) is 2.77. The van der Waals surface area contributed by atoms with E-state index >= 15 is 0 Å². The lowest BCUT2D eigenvalue weighted by Gasteiger charge is -1.98. The molecule has 1 N–H and O–H groups in total. The lowest BCUT2D eigenvalue weighted by Crippen LogP contribution is -1.94. The lowest BCUT2D eigenvalue weighted by atomic mass is 10.5. The first-order valence-corrected chi connectivity index (χ1v) is 3.69. The standard InChI is InChI=1S/C7H8N4O/c1-2-12-6-4-8-7-5(10-6)3-9-11-7/h3-4H,2H2,1H3,(H,8,9,11). The molecule has 0 saturated heterocycles. The van der Waals surface area contributed by atoms with Crippen LogP contribution in [0.4, 0.5) is 0 Å². The summed E-state index contributed by atoms with van der Waals surface area (Å²) >= 11 is 0. The van der Waals surface area contributed by atoms with E-state index in [1.54, 1.807) is 12.4 Å². The molecule has 0 aliphatic carbocycles. The normalized spacial score (nSPS) is 10.4. The van der Waals surface area contributed by atoms with Gasteiger partial charge in [-0.05, 0) is 6.92 Å². The Morgan fingerprint density at radius 3 is 3.25 bits per heavy atom. The molecule has 0 radical (unpaired) electrons. The lowest BCUT2D eigenvalue weighted by molar-refractivity contribution is 0.327. The summed E-state index contributed by atoms with van der Waals surface area (Å²) in [6, 6.07) is 0. The Kier molecular flexibility index (Phi) is 1.62. The number of ether oxygens (including phenoxy) is 1. The van der Waals surface area contributed by atoms with Crippen LogP contribution >= 0.6 is 0 Å². The van der Waals surface area contributed by atoms with Gasteiger partial charge in [-0.25, -0.2) is 9.97 Å². The monoisotopic (exact) mass is 164 g/mol. The molecule has 62 valence electrons. The smallest absolute Gasteiger partial charge is 0.233 e. The number of nitrogens with one attached hydrogen (secondary N) is 1. The molecule has 0 spiro atoms. The fraction of sp³-hybridized carbons (Fsp3) is 0.286. The molecule has 2 rings (SSSR count). The van der Waals surface area contributed by atoms with Gasteiger partial charge in [0.2, 0.25) is 5.88 Å². The molecule has 0 aromatic carbocycles. The van der Waals surface area contributed by atoms with Gasteiger partial charge in [0.1, 0.15) is 5.52 Å². The maximum Gasteiger partial charge on any atom is 0.233 e. The second-order valence-electron chi connectivity index (χ2n) is 2.25. The molecular weight excluding hydrogens is 156 g/mol. The Labute approximate surface area is 68.8 Å². The van der Waals surface area contributed by atoms with Crippen molar-refractivity contribution in [3.8, 4) is 5.88 Å². The molecule has 2 aromatic rings. The summed E-state index contributed by atoms with van der Waals surface area (Å²) in [6.07, 6.45) is 3.19. The topological polar surface area (TPSA) is 63.7 Å². The van der Waals surface area contributed by atoms with Crippen molar-refractivity contribution in [2.45, 2.75) is 6.92 Å². The minimum Gasteiger partial charge on any atom is -0.477 e. The summed E-state index contributed by atoms with van der Waals surface area (Å²) in [5, 5.41) is 6.51. The quantitative estimate of drug-likeness (QED) is 0.711. The highest BCUT2D eigenvalue weighted by Crippen LogP contribution is 2.09. The molecule has 2 aromatic heterocycles. The third kappa shape index (κ3) is 1.09. The number of fused-ring (bicyclic) bond motifs is 1. The highest BCUT2D eigenvalue weighted by Gasteiger charge is 1.99. The van der Waals surface area contributed by atoms with Crippen LogP contribution in [0.15, 0.2) is 12.4 Å². The fourth-order valence-corrected chi connectivity index (χ4v) is 0.935.